The second-order valence-corrected chi connectivity index (χ2v) is 5.72. The van der Waals surface area contributed by atoms with Gasteiger partial charge in [-0.3, -0.25) is 4.79 Å². The highest BCUT2D eigenvalue weighted by molar-refractivity contribution is 6.87. The van der Waals surface area contributed by atoms with Crippen LogP contribution in [-0.2, 0) is 15.9 Å². The van der Waals surface area contributed by atoms with Crippen molar-refractivity contribution in [1.29, 1.82) is 0 Å². The Kier molecular flexibility index (Phi) is 2.14. The van der Waals surface area contributed by atoms with Crippen LogP contribution in [-0.4, -0.2) is 18.0 Å². The Morgan fingerprint density at radius 1 is 1.35 bits per heavy atom. The molecule has 1 fully saturated rings. The zero-order chi connectivity index (χ0) is 12.1. The molecule has 0 aromatic heterocycles. The number of hydrogen-bond acceptors (Lipinski definition) is 3. The van der Waals surface area contributed by atoms with Crippen LogP contribution in [0.25, 0.3) is 0 Å². The van der Waals surface area contributed by atoms with E-state index in [2.05, 4.69) is 23.4 Å². The molecule has 0 aliphatic carbocycles. The molecule has 0 amide bonds. The quantitative estimate of drug-likeness (QED) is 0.680. The van der Waals surface area contributed by atoms with Gasteiger partial charge in [0.2, 0.25) is 0 Å². The van der Waals surface area contributed by atoms with Crippen LogP contribution in [0.5, 0.6) is 0 Å². The van der Waals surface area contributed by atoms with Gasteiger partial charge in [-0.1, -0.05) is 36.2 Å². The Balaban J connectivity index is 2.09. The first-order valence-corrected chi connectivity index (χ1v) is 6.31. The predicted octanol–water partition coefficient (Wildman–Crippen LogP) is 1.21. The summed E-state index contributed by atoms with van der Waals surface area (Å²) in [5, 5.41) is 3.44. The van der Waals surface area contributed by atoms with Crippen LogP contribution in [0.2, 0.25) is 6.32 Å². The maximum atomic E-state index is 11.9. The summed E-state index contributed by atoms with van der Waals surface area (Å²) in [5.41, 5.74) is 1.94. The molecule has 1 saturated heterocycles. The average Bonchev–Trinajstić information content (AvgIpc) is 2.50. The molecule has 1 atom stereocenters. The van der Waals surface area contributed by atoms with Gasteiger partial charge in [0.15, 0.2) is 0 Å². The fourth-order valence-corrected chi connectivity index (χ4v) is 3.23. The highest BCUT2D eigenvalue weighted by atomic mass is 16.5. The van der Waals surface area contributed by atoms with Crippen molar-refractivity contribution in [2.75, 3.05) is 0 Å². The van der Waals surface area contributed by atoms with Gasteiger partial charge in [-0.15, -0.1) is 11.8 Å². The standard InChI is InChI=1S/C13H17BNO2/c1-13(2)12(16)17-14(15-13)9-5-7-10-6-3-4-8-11(10)14/h3-4,6,8,15H,5,7,9H2,1-2H3/q-1. The third kappa shape index (κ3) is 1.51. The van der Waals surface area contributed by atoms with E-state index in [1.807, 2.05) is 19.9 Å². The molecule has 1 N–H and O–H groups in total. The molecule has 2 heterocycles. The first-order valence-electron chi connectivity index (χ1n) is 6.31. The third-order valence-corrected chi connectivity index (χ3v) is 4.03. The molecule has 1 spiro atoms. The van der Waals surface area contributed by atoms with Crippen molar-refractivity contribution in [1.82, 2.24) is 5.23 Å². The van der Waals surface area contributed by atoms with E-state index in [1.165, 1.54) is 11.0 Å². The molecule has 1 aromatic carbocycles. The van der Waals surface area contributed by atoms with Gasteiger partial charge < -0.3 is 9.88 Å². The molecule has 3 nitrogen and oxygen atoms in total. The minimum absolute atomic E-state index is 0.130. The average molecular weight is 230 g/mol. The van der Waals surface area contributed by atoms with Gasteiger partial charge in [-0.05, 0) is 20.3 Å². The summed E-state index contributed by atoms with van der Waals surface area (Å²) in [6, 6.07) is 8.30. The smallest absolute Gasteiger partial charge is 0.275 e. The Hall–Kier alpha value is -1.29. The number of aryl methyl sites for hydroxylation is 1. The van der Waals surface area contributed by atoms with Crippen molar-refractivity contribution in [3.63, 3.8) is 0 Å². The van der Waals surface area contributed by atoms with Crippen molar-refractivity contribution in [3.8, 4) is 0 Å². The molecule has 0 saturated carbocycles. The topological polar surface area (TPSA) is 38.3 Å². The van der Waals surface area contributed by atoms with E-state index in [4.69, 9.17) is 4.65 Å². The van der Waals surface area contributed by atoms with Gasteiger partial charge >= 0.3 is 0 Å². The van der Waals surface area contributed by atoms with E-state index in [-0.39, 0.29) is 5.97 Å². The lowest BCUT2D eigenvalue weighted by Gasteiger charge is -2.41. The maximum Gasteiger partial charge on any atom is 0.275 e. The fourth-order valence-electron chi connectivity index (χ4n) is 3.23. The highest BCUT2D eigenvalue weighted by Gasteiger charge is 2.47. The number of carbonyl (C=O) groups excluding carboxylic acids is 1. The number of fused-ring (bicyclic) bond motifs is 2. The van der Waals surface area contributed by atoms with Crippen LogP contribution in [0, 0.1) is 0 Å². The largest absolute Gasteiger partial charge is 0.670 e. The molecule has 2 aliphatic rings. The molecule has 17 heavy (non-hydrogen) atoms. The van der Waals surface area contributed by atoms with E-state index in [1.54, 1.807) is 0 Å². The van der Waals surface area contributed by atoms with E-state index in [0.29, 0.717) is 0 Å². The molecule has 90 valence electrons. The molecule has 0 bridgehead atoms. The van der Waals surface area contributed by atoms with E-state index >= 15 is 0 Å². The zero-order valence-electron chi connectivity index (χ0n) is 10.3. The lowest BCUT2D eigenvalue weighted by atomic mass is 9.40. The van der Waals surface area contributed by atoms with Gasteiger partial charge in [0.1, 0.15) is 0 Å². The van der Waals surface area contributed by atoms with Gasteiger partial charge in [0.25, 0.3) is 12.5 Å². The van der Waals surface area contributed by atoms with Crippen LogP contribution >= 0.6 is 0 Å². The normalized spacial score (nSPS) is 30.1. The van der Waals surface area contributed by atoms with Crippen LogP contribution in [0.3, 0.4) is 0 Å². The summed E-state index contributed by atoms with van der Waals surface area (Å²) >= 11 is 0. The second kappa shape index (κ2) is 3.36. The van der Waals surface area contributed by atoms with E-state index < -0.39 is 12.0 Å². The number of benzene rings is 1. The second-order valence-electron chi connectivity index (χ2n) is 5.72. The Bertz CT molecular complexity index is 486. The summed E-state index contributed by atoms with van der Waals surface area (Å²) in [6.07, 6.45) is 3.08. The molecular formula is C13H17BNO2-. The SMILES string of the molecule is CC1(C)N[B-]2(CCCc3ccccc32)OC1=O. The van der Waals surface area contributed by atoms with Crippen molar-refractivity contribution < 1.29 is 9.45 Å². The molecule has 1 aromatic rings. The summed E-state index contributed by atoms with van der Waals surface area (Å²) in [6.45, 7) is 2.45. The zero-order valence-corrected chi connectivity index (χ0v) is 10.3. The minimum Gasteiger partial charge on any atom is -0.670 e. The first kappa shape index (κ1) is 10.8. The molecule has 0 radical (unpaired) electrons. The van der Waals surface area contributed by atoms with Crippen LogP contribution in [0.15, 0.2) is 24.3 Å². The Labute approximate surface area is 102 Å². The molecular weight excluding hydrogens is 213 g/mol. The van der Waals surface area contributed by atoms with Gasteiger partial charge in [-0.2, -0.15) is 0 Å². The third-order valence-electron chi connectivity index (χ3n) is 4.03. The molecule has 2 aliphatic heterocycles. The lowest BCUT2D eigenvalue weighted by Crippen LogP contribution is -2.63. The van der Waals surface area contributed by atoms with Gasteiger partial charge in [-0.25, -0.2) is 0 Å². The van der Waals surface area contributed by atoms with Crippen LogP contribution in [0.1, 0.15) is 25.8 Å². The molecule has 4 heteroatoms. The van der Waals surface area contributed by atoms with Crippen molar-refractivity contribution in [3.05, 3.63) is 29.8 Å². The summed E-state index contributed by atoms with van der Waals surface area (Å²) in [4.78, 5) is 11.9. The Morgan fingerprint density at radius 3 is 2.82 bits per heavy atom. The Morgan fingerprint density at radius 2 is 2.12 bits per heavy atom. The number of nitrogens with one attached hydrogen (secondary N) is 1. The van der Waals surface area contributed by atoms with Gasteiger partial charge in [0.05, 0.1) is 5.54 Å². The summed E-state index contributed by atoms with van der Waals surface area (Å²) in [5.74, 6) is -0.130. The summed E-state index contributed by atoms with van der Waals surface area (Å²) < 4.78 is 5.74. The maximum absolute atomic E-state index is 11.9. The monoisotopic (exact) mass is 230 g/mol. The first-order chi connectivity index (χ1) is 8.04. The van der Waals surface area contributed by atoms with Crippen molar-refractivity contribution >= 4 is 17.9 Å². The molecule has 3 rings (SSSR count). The van der Waals surface area contributed by atoms with Crippen molar-refractivity contribution in [2.24, 2.45) is 0 Å². The van der Waals surface area contributed by atoms with E-state index in [9.17, 15) is 4.79 Å². The predicted molar refractivity (Wildman–Crippen MR) is 68.3 cm³/mol. The van der Waals surface area contributed by atoms with E-state index in [0.717, 1.165) is 19.2 Å². The number of hydrogen-bond donors (Lipinski definition) is 1. The minimum atomic E-state index is -1.33. The van der Waals surface area contributed by atoms with Crippen molar-refractivity contribution in [2.45, 2.75) is 38.5 Å². The fraction of sp³-hybridized carbons (Fsp3) is 0.462. The molecule has 1 unspecified atom stereocenters. The number of carbonyl (C=O) groups is 1. The van der Waals surface area contributed by atoms with Crippen LogP contribution < -0.4 is 10.7 Å². The summed E-state index contributed by atoms with van der Waals surface area (Å²) in [7, 11) is 0. The lowest BCUT2D eigenvalue weighted by molar-refractivity contribution is -0.137. The van der Waals surface area contributed by atoms with Crippen LogP contribution in [0.4, 0.5) is 0 Å². The number of rotatable bonds is 0. The highest BCUT2D eigenvalue weighted by Crippen LogP contribution is 2.30. The van der Waals surface area contributed by atoms with Gasteiger partial charge in [0, 0.05) is 0 Å².